The monoisotopic (exact) mass is 197 g/mol. The average molecular weight is 197 g/mol. The highest BCUT2D eigenvalue weighted by Gasteiger charge is 2.54. The Kier molecular flexibility index (Phi) is 2.87. The van der Waals surface area contributed by atoms with Gasteiger partial charge in [-0.15, -0.1) is 0 Å². The van der Waals surface area contributed by atoms with Gasteiger partial charge in [0.05, 0.1) is 0 Å². The van der Waals surface area contributed by atoms with Crippen LogP contribution in [0.25, 0.3) is 0 Å². The third-order valence-corrected chi connectivity index (χ3v) is 2.75. The van der Waals surface area contributed by atoms with Gasteiger partial charge in [-0.25, -0.2) is 0 Å². The van der Waals surface area contributed by atoms with Gasteiger partial charge in [-0.05, 0) is 32.7 Å². The number of halogens is 3. The third-order valence-electron chi connectivity index (χ3n) is 2.75. The molecule has 1 fully saturated rings. The van der Waals surface area contributed by atoms with Crippen LogP contribution in [0.3, 0.4) is 0 Å². The maximum atomic E-state index is 12.3. The minimum atomic E-state index is -4.48. The molecule has 0 heterocycles. The Labute approximate surface area is 75.1 Å². The van der Waals surface area contributed by atoms with Crippen LogP contribution in [-0.4, -0.2) is 30.0 Å². The van der Waals surface area contributed by atoms with Gasteiger partial charge in [-0.2, -0.15) is 13.2 Å². The Balaban J connectivity index is 2.57. The summed E-state index contributed by atoms with van der Waals surface area (Å²) in [5.41, 5.74) is -2.44. The lowest BCUT2D eigenvalue weighted by molar-refractivity contribution is -0.270. The zero-order valence-electron chi connectivity index (χ0n) is 7.49. The molecule has 0 amide bonds. The number of aliphatic hydroxyl groups is 1. The molecule has 2 nitrogen and oxygen atoms in total. The van der Waals surface area contributed by atoms with Crippen molar-refractivity contribution in [1.29, 1.82) is 0 Å². The predicted octanol–water partition coefficient (Wildman–Crippen LogP) is 1.44. The molecule has 0 bridgehead atoms. The van der Waals surface area contributed by atoms with Gasteiger partial charge in [-0.1, -0.05) is 0 Å². The van der Waals surface area contributed by atoms with Gasteiger partial charge in [0.1, 0.15) is 0 Å². The molecule has 78 valence electrons. The Hall–Kier alpha value is -0.290. The Morgan fingerprint density at radius 3 is 2.08 bits per heavy atom. The summed E-state index contributed by atoms with van der Waals surface area (Å²) in [5.74, 6) is 0. The molecule has 0 spiro atoms. The molecule has 1 saturated carbocycles. The predicted molar refractivity (Wildman–Crippen MR) is 42.3 cm³/mol. The second-order valence-electron chi connectivity index (χ2n) is 3.59. The van der Waals surface area contributed by atoms with Gasteiger partial charge < -0.3 is 10.4 Å². The molecular formula is C8H14F3NO. The summed E-state index contributed by atoms with van der Waals surface area (Å²) in [5, 5.41) is 12.2. The largest absolute Gasteiger partial charge is 0.417 e. The van der Waals surface area contributed by atoms with Crippen molar-refractivity contribution in [2.24, 2.45) is 0 Å². The van der Waals surface area contributed by atoms with Gasteiger partial charge >= 0.3 is 6.18 Å². The fourth-order valence-corrected chi connectivity index (χ4v) is 1.67. The van der Waals surface area contributed by atoms with E-state index >= 15 is 0 Å². The SMILES string of the molecule is CNC1CCC(O)(C(F)(F)F)CC1. The van der Waals surface area contributed by atoms with Gasteiger partial charge in [0, 0.05) is 6.04 Å². The van der Waals surface area contributed by atoms with Crippen LogP contribution in [-0.2, 0) is 0 Å². The van der Waals surface area contributed by atoms with Crippen molar-refractivity contribution in [2.45, 2.75) is 43.5 Å². The Bertz CT molecular complexity index is 173. The van der Waals surface area contributed by atoms with E-state index in [1.807, 2.05) is 0 Å². The standard InChI is InChI=1S/C8H14F3NO/c1-12-6-2-4-7(13,5-3-6)8(9,10)11/h6,12-13H,2-5H2,1H3. The number of hydrogen-bond donors (Lipinski definition) is 2. The molecule has 1 aliphatic rings. The molecule has 1 aliphatic carbocycles. The highest BCUT2D eigenvalue weighted by Crippen LogP contribution is 2.41. The zero-order valence-corrected chi connectivity index (χ0v) is 7.49. The minimum Gasteiger partial charge on any atom is -0.380 e. The first-order valence-electron chi connectivity index (χ1n) is 4.35. The van der Waals surface area contributed by atoms with Crippen LogP contribution < -0.4 is 5.32 Å². The van der Waals surface area contributed by atoms with E-state index in [9.17, 15) is 18.3 Å². The Morgan fingerprint density at radius 1 is 1.31 bits per heavy atom. The highest BCUT2D eigenvalue weighted by atomic mass is 19.4. The normalized spacial score (nSPS) is 36.2. The molecular weight excluding hydrogens is 183 g/mol. The topological polar surface area (TPSA) is 32.3 Å². The van der Waals surface area contributed by atoms with Crippen molar-refractivity contribution in [2.75, 3.05) is 7.05 Å². The van der Waals surface area contributed by atoms with E-state index in [2.05, 4.69) is 5.32 Å². The summed E-state index contributed by atoms with van der Waals surface area (Å²) in [7, 11) is 1.72. The second kappa shape index (κ2) is 3.46. The number of hydrogen-bond acceptors (Lipinski definition) is 2. The molecule has 0 unspecified atom stereocenters. The van der Waals surface area contributed by atoms with Crippen LogP contribution >= 0.6 is 0 Å². The average Bonchev–Trinajstić information content (AvgIpc) is 2.04. The molecule has 0 aliphatic heterocycles. The van der Waals surface area contributed by atoms with Crippen LogP contribution in [0.2, 0.25) is 0 Å². The van der Waals surface area contributed by atoms with Crippen LogP contribution in [0.5, 0.6) is 0 Å². The molecule has 0 saturated heterocycles. The molecule has 0 radical (unpaired) electrons. The highest BCUT2D eigenvalue weighted by molar-refractivity contribution is 4.92. The molecule has 0 atom stereocenters. The van der Waals surface area contributed by atoms with E-state index in [4.69, 9.17) is 0 Å². The van der Waals surface area contributed by atoms with Crippen molar-refractivity contribution in [1.82, 2.24) is 5.32 Å². The molecule has 0 aromatic rings. The lowest BCUT2D eigenvalue weighted by atomic mass is 9.82. The molecule has 1 rings (SSSR count). The smallest absolute Gasteiger partial charge is 0.380 e. The Morgan fingerprint density at radius 2 is 1.77 bits per heavy atom. The van der Waals surface area contributed by atoms with E-state index < -0.39 is 11.8 Å². The van der Waals surface area contributed by atoms with Crippen molar-refractivity contribution in [3.8, 4) is 0 Å². The van der Waals surface area contributed by atoms with E-state index in [0.717, 1.165) is 0 Å². The van der Waals surface area contributed by atoms with Gasteiger partial charge in [-0.3, -0.25) is 0 Å². The maximum absolute atomic E-state index is 12.3. The van der Waals surface area contributed by atoms with E-state index in [-0.39, 0.29) is 18.9 Å². The van der Waals surface area contributed by atoms with Gasteiger partial charge in [0.2, 0.25) is 0 Å². The van der Waals surface area contributed by atoms with Gasteiger partial charge in [0.15, 0.2) is 5.60 Å². The van der Waals surface area contributed by atoms with Crippen molar-refractivity contribution in [3.05, 3.63) is 0 Å². The quantitative estimate of drug-likeness (QED) is 0.666. The molecule has 13 heavy (non-hydrogen) atoms. The zero-order chi connectivity index (χ0) is 10.1. The lowest BCUT2D eigenvalue weighted by Gasteiger charge is -2.37. The molecule has 0 aromatic carbocycles. The minimum absolute atomic E-state index is 0.114. The number of nitrogens with one attached hydrogen (secondary N) is 1. The summed E-state index contributed by atoms with van der Waals surface area (Å²) < 4.78 is 36.9. The third kappa shape index (κ3) is 2.14. The maximum Gasteiger partial charge on any atom is 0.417 e. The molecule has 0 aromatic heterocycles. The molecule has 2 N–H and O–H groups in total. The van der Waals surface area contributed by atoms with Crippen molar-refractivity contribution < 1.29 is 18.3 Å². The van der Waals surface area contributed by atoms with E-state index in [0.29, 0.717) is 12.8 Å². The van der Waals surface area contributed by atoms with Crippen molar-refractivity contribution in [3.63, 3.8) is 0 Å². The van der Waals surface area contributed by atoms with E-state index in [1.54, 1.807) is 7.05 Å². The van der Waals surface area contributed by atoms with Crippen molar-refractivity contribution >= 4 is 0 Å². The van der Waals surface area contributed by atoms with Crippen LogP contribution in [0.1, 0.15) is 25.7 Å². The lowest BCUT2D eigenvalue weighted by Crippen LogP contribution is -2.50. The van der Waals surface area contributed by atoms with Gasteiger partial charge in [0.25, 0.3) is 0 Å². The first kappa shape index (κ1) is 10.8. The van der Waals surface area contributed by atoms with Crippen LogP contribution in [0.4, 0.5) is 13.2 Å². The first-order valence-corrected chi connectivity index (χ1v) is 4.35. The van der Waals surface area contributed by atoms with Crippen LogP contribution in [0.15, 0.2) is 0 Å². The summed E-state index contributed by atoms with van der Waals surface area (Å²) >= 11 is 0. The molecule has 5 heteroatoms. The summed E-state index contributed by atoms with van der Waals surface area (Å²) in [4.78, 5) is 0. The summed E-state index contributed by atoms with van der Waals surface area (Å²) in [6.07, 6.45) is -4.10. The summed E-state index contributed by atoms with van der Waals surface area (Å²) in [6.45, 7) is 0. The number of rotatable bonds is 1. The number of alkyl halides is 3. The second-order valence-corrected chi connectivity index (χ2v) is 3.59. The summed E-state index contributed by atoms with van der Waals surface area (Å²) in [6, 6.07) is 0.114. The fraction of sp³-hybridized carbons (Fsp3) is 1.00. The van der Waals surface area contributed by atoms with Crippen LogP contribution in [0, 0.1) is 0 Å². The first-order chi connectivity index (χ1) is 5.89. The fourth-order valence-electron chi connectivity index (χ4n) is 1.67. The van der Waals surface area contributed by atoms with E-state index in [1.165, 1.54) is 0 Å².